The van der Waals surface area contributed by atoms with Crippen molar-refractivity contribution >= 4 is 51.4 Å². The maximum Gasteiger partial charge on any atom is 0.311 e. The molecule has 0 unspecified atom stereocenters. The lowest BCUT2D eigenvalue weighted by atomic mass is 10.1. The molecule has 0 aliphatic rings. The van der Waals surface area contributed by atoms with Crippen molar-refractivity contribution in [1.29, 1.82) is 0 Å². The van der Waals surface area contributed by atoms with Crippen molar-refractivity contribution in [2.75, 3.05) is 11.9 Å². The number of ether oxygens (including phenoxy) is 1. The second-order valence-electron chi connectivity index (χ2n) is 5.29. The fraction of sp³-hybridized carbons (Fsp3) is 0.250. The first-order valence-corrected chi connectivity index (χ1v) is 9.06. The van der Waals surface area contributed by atoms with E-state index in [0.717, 1.165) is 0 Å². The van der Waals surface area contributed by atoms with Gasteiger partial charge in [0.1, 0.15) is 0 Å². The molecule has 1 amide bonds. The second-order valence-corrected chi connectivity index (χ2v) is 6.56. The van der Waals surface area contributed by atoms with Gasteiger partial charge in [0.05, 0.1) is 23.6 Å². The van der Waals surface area contributed by atoms with Crippen molar-refractivity contribution in [2.45, 2.75) is 20.3 Å². The highest BCUT2D eigenvalue weighted by atomic mass is 32.1. The van der Waals surface area contributed by atoms with Gasteiger partial charge < -0.3 is 10.1 Å². The van der Waals surface area contributed by atoms with E-state index in [2.05, 4.69) is 15.6 Å². The van der Waals surface area contributed by atoms with Crippen LogP contribution in [0.4, 0.5) is 10.8 Å². The summed E-state index contributed by atoms with van der Waals surface area (Å²) >= 11 is 6.30. The van der Waals surface area contributed by atoms with Gasteiger partial charge in [-0.3, -0.25) is 25.0 Å². The summed E-state index contributed by atoms with van der Waals surface area (Å²) in [4.78, 5) is 38.2. The van der Waals surface area contributed by atoms with Crippen LogP contribution in [0.15, 0.2) is 23.6 Å². The largest absolute Gasteiger partial charge is 0.466 e. The summed E-state index contributed by atoms with van der Waals surface area (Å²) in [6.45, 7) is 3.57. The number of aryl methyl sites for hydroxylation is 1. The van der Waals surface area contributed by atoms with Gasteiger partial charge >= 0.3 is 5.97 Å². The Morgan fingerprint density at radius 3 is 2.78 bits per heavy atom. The van der Waals surface area contributed by atoms with E-state index < -0.39 is 10.8 Å². The predicted octanol–water partition coefficient (Wildman–Crippen LogP) is 2.59. The number of anilines is 1. The maximum absolute atomic E-state index is 12.2. The lowest BCUT2D eigenvalue weighted by Gasteiger charge is -2.08. The average molecular weight is 408 g/mol. The summed E-state index contributed by atoms with van der Waals surface area (Å²) in [5, 5.41) is 18.2. The van der Waals surface area contributed by atoms with Gasteiger partial charge in [0, 0.05) is 22.6 Å². The third-order valence-electron chi connectivity index (χ3n) is 3.29. The van der Waals surface area contributed by atoms with Crippen LogP contribution in [0.3, 0.4) is 0 Å². The Hall–Kier alpha value is -2.92. The Morgan fingerprint density at radius 1 is 1.41 bits per heavy atom. The first kappa shape index (κ1) is 20.4. The molecule has 0 radical (unpaired) electrons. The number of esters is 1. The number of hydrogen-bond acceptors (Lipinski definition) is 8. The van der Waals surface area contributed by atoms with Crippen LogP contribution in [0.5, 0.6) is 0 Å². The van der Waals surface area contributed by atoms with E-state index in [1.807, 2.05) is 0 Å². The number of carbonyl (C=O) groups is 2. The first-order valence-electron chi connectivity index (χ1n) is 7.77. The van der Waals surface area contributed by atoms with Crippen LogP contribution in [0, 0.1) is 17.0 Å². The van der Waals surface area contributed by atoms with Crippen molar-refractivity contribution in [2.24, 2.45) is 0 Å². The molecule has 1 aromatic carbocycles. The van der Waals surface area contributed by atoms with Crippen molar-refractivity contribution in [3.05, 3.63) is 50.5 Å². The Labute approximate surface area is 163 Å². The first-order chi connectivity index (χ1) is 12.8. The Balaban J connectivity index is 1.94. The lowest BCUT2D eigenvalue weighted by molar-refractivity contribution is -0.385. The normalized spacial score (nSPS) is 10.1. The molecule has 2 rings (SSSR count). The molecule has 0 aliphatic carbocycles. The molecule has 2 aromatic rings. The molecule has 9 nitrogen and oxygen atoms in total. The Morgan fingerprint density at radius 2 is 2.15 bits per heavy atom. The zero-order chi connectivity index (χ0) is 20.0. The van der Waals surface area contributed by atoms with Crippen LogP contribution in [-0.4, -0.2) is 33.5 Å². The molecule has 0 saturated carbocycles. The summed E-state index contributed by atoms with van der Waals surface area (Å²) < 4.78 is 4.85. The number of thiocarbonyl (C=S) groups is 1. The number of hydrogen-bond donors (Lipinski definition) is 2. The van der Waals surface area contributed by atoms with Crippen molar-refractivity contribution < 1.29 is 19.2 Å². The van der Waals surface area contributed by atoms with E-state index >= 15 is 0 Å². The number of benzene rings is 1. The predicted molar refractivity (Wildman–Crippen MR) is 104 cm³/mol. The molecule has 0 saturated heterocycles. The van der Waals surface area contributed by atoms with Gasteiger partial charge in [-0.1, -0.05) is 0 Å². The fourth-order valence-corrected chi connectivity index (χ4v) is 3.08. The molecule has 0 aliphatic heterocycles. The van der Waals surface area contributed by atoms with E-state index in [9.17, 15) is 19.7 Å². The van der Waals surface area contributed by atoms with E-state index in [1.54, 1.807) is 19.2 Å². The highest BCUT2D eigenvalue weighted by Crippen LogP contribution is 2.19. The zero-order valence-electron chi connectivity index (χ0n) is 14.5. The molecular formula is C16H16N4O5S2. The monoisotopic (exact) mass is 408 g/mol. The number of nitrogens with zero attached hydrogens (tertiary/aromatic N) is 2. The zero-order valence-corrected chi connectivity index (χ0v) is 16.1. The van der Waals surface area contributed by atoms with Gasteiger partial charge in [0.15, 0.2) is 10.2 Å². The highest BCUT2D eigenvalue weighted by molar-refractivity contribution is 7.80. The summed E-state index contributed by atoms with van der Waals surface area (Å²) in [5.74, 6) is -0.882. The number of amides is 1. The molecule has 2 N–H and O–H groups in total. The Bertz CT molecular complexity index is 897. The smallest absolute Gasteiger partial charge is 0.311 e. The Kier molecular flexibility index (Phi) is 6.91. The standard InChI is InChI=1S/C16H16N4O5S2/c1-3-25-13(21)7-11-8-27-16(17-11)19-15(26)18-14(22)10-4-5-12(20(23)24)9(2)6-10/h4-6,8H,3,7H2,1-2H3,(H2,17,18,19,22,26). The van der Waals surface area contributed by atoms with E-state index in [0.29, 0.717) is 23.0 Å². The van der Waals surface area contributed by atoms with E-state index in [-0.39, 0.29) is 28.8 Å². The van der Waals surface area contributed by atoms with Gasteiger partial charge in [-0.05, 0) is 38.2 Å². The lowest BCUT2D eigenvalue weighted by Crippen LogP contribution is -2.34. The van der Waals surface area contributed by atoms with Gasteiger partial charge in [-0.25, -0.2) is 4.98 Å². The van der Waals surface area contributed by atoms with Gasteiger partial charge in [0.25, 0.3) is 11.6 Å². The number of thiazole rings is 1. The number of nitro benzene ring substituents is 1. The number of aromatic nitrogens is 1. The summed E-state index contributed by atoms with van der Waals surface area (Å²) in [6, 6.07) is 4.03. The fourth-order valence-electron chi connectivity index (χ4n) is 2.11. The second kappa shape index (κ2) is 9.14. The molecule has 0 fully saturated rings. The minimum atomic E-state index is -0.514. The quantitative estimate of drug-likeness (QED) is 0.324. The van der Waals surface area contributed by atoms with Gasteiger partial charge in [-0.2, -0.15) is 0 Å². The highest BCUT2D eigenvalue weighted by Gasteiger charge is 2.15. The van der Waals surface area contributed by atoms with Crippen molar-refractivity contribution in [3.63, 3.8) is 0 Å². The third-order valence-corrected chi connectivity index (χ3v) is 4.30. The van der Waals surface area contributed by atoms with Gasteiger partial charge in [-0.15, -0.1) is 11.3 Å². The number of rotatable bonds is 6. The number of carbonyl (C=O) groups excluding carboxylic acids is 2. The molecule has 142 valence electrons. The van der Waals surface area contributed by atoms with E-state index in [1.165, 1.54) is 29.5 Å². The van der Waals surface area contributed by atoms with Crippen molar-refractivity contribution in [3.8, 4) is 0 Å². The average Bonchev–Trinajstić information content (AvgIpc) is 3.01. The minimum absolute atomic E-state index is 0.0213. The summed E-state index contributed by atoms with van der Waals surface area (Å²) in [6.07, 6.45) is 0.0488. The van der Waals surface area contributed by atoms with Crippen LogP contribution in [0.1, 0.15) is 28.5 Å². The number of nitrogens with one attached hydrogen (secondary N) is 2. The van der Waals surface area contributed by atoms with Crippen LogP contribution in [-0.2, 0) is 16.0 Å². The molecule has 1 heterocycles. The topological polar surface area (TPSA) is 123 Å². The van der Waals surface area contributed by atoms with Crippen LogP contribution < -0.4 is 10.6 Å². The summed E-state index contributed by atoms with van der Waals surface area (Å²) in [7, 11) is 0. The molecule has 0 atom stereocenters. The summed E-state index contributed by atoms with van der Waals surface area (Å²) in [5.41, 5.74) is 1.07. The van der Waals surface area contributed by atoms with Crippen LogP contribution >= 0.6 is 23.6 Å². The third kappa shape index (κ3) is 5.79. The van der Waals surface area contributed by atoms with Gasteiger partial charge in [0.2, 0.25) is 0 Å². The molecule has 27 heavy (non-hydrogen) atoms. The molecule has 1 aromatic heterocycles. The molecule has 11 heteroatoms. The maximum atomic E-state index is 12.2. The SMILES string of the molecule is CCOC(=O)Cc1csc(NC(=S)NC(=O)c2ccc([N+](=O)[O-])c(C)c2)n1. The van der Waals surface area contributed by atoms with E-state index in [4.69, 9.17) is 17.0 Å². The molecule has 0 bridgehead atoms. The minimum Gasteiger partial charge on any atom is -0.466 e. The van der Waals surface area contributed by atoms with Crippen LogP contribution in [0.2, 0.25) is 0 Å². The molecular weight excluding hydrogens is 392 g/mol. The van der Waals surface area contributed by atoms with Crippen molar-refractivity contribution in [1.82, 2.24) is 10.3 Å². The molecule has 0 spiro atoms. The number of nitro groups is 1. The van der Waals surface area contributed by atoms with Crippen LogP contribution in [0.25, 0.3) is 0 Å².